The molecule has 0 heterocycles. The van der Waals surface area contributed by atoms with Crippen LogP contribution in [0.2, 0.25) is 0 Å². The van der Waals surface area contributed by atoms with Crippen LogP contribution in [-0.4, -0.2) is 18.0 Å². The Bertz CT molecular complexity index is 269. The fourth-order valence-corrected chi connectivity index (χ4v) is 1.79. The number of alkyl halides is 1. The Morgan fingerprint density at radius 2 is 1.64 bits per heavy atom. The Kier molecular flexibility index (Phi) is 4.99. The first-order valence-electron chi connectivity index (χ1n) is 5.16. The van der Waals surface area contributed by atoms with E-state index in [9.17, 15) is 0 Å². The minimum Gasteiger partial charge on any atom is -0.300 e. The minimum atomic E-state index is 0.609. The van der Waals surface area contributed by atoms with Crippen molar-refractivity contribution in [2.24, 2.45) is 0 Å². The predicted molar refractivity (Wildman–Crippen MR) is 62.6 cm³/mol. The molecule has 14 heavy (non-hydrogen) atoms. The molecule has 0 N–H and O–H groups in total. The first kappa shape index (κ1) is 11.5. The van der Waals surface area contributed by atoms with Crippen LogP contribution in [0.4, 0.5) is 0 Å². The van der Waals surface area contributed by atoms with Crippen molar-refractivity contribution in [1.82, 2.24) is 4.90 Å². The molecule has 0 fully saturated rings. The van der Waals surface area contributed by atoms with Crippen LogP contribution in [0.3, 0.4) is 0 Å². The zero-order valence-corrected chi connectivity index (χ0v) is 9.72. The van der Waals surface area contributed by atoms with Gasteiger partial charge in [-0.25, -0.2) is 0 Å². The summed E-state index contributed by atoms with van der Waals surface area (Å²) < 4.78 is 0. The smallest absolute Gasteiger partial charge is 0.0477 e. The van der Waals surface area contributed by atoms with Gasteiger partial charge >= 0.3 is 0 Å². The molecule has 78 valence electrons. The van der Waals surface area contributed by atoms with Crippen molar-refractivity contribution in [3.8, 4) is 0 Å². The Balaban J connectivity index is 2.74. The average molecular weight is 212 g/mol. The second kappa shape index (κ2) is 6.05. The Morgan fingerprint density at radius 3 is 2.14 bits per heavy atom. The van der Waals surface area contributed by atoms with Crippen molar-refractivity contribution < 1.29 is 0 Å². The van der Waals surface area contributed by atoms with E-state index in [4.69, 9.17) is 11.6 Å². The zero-order valence-electron chi connectivity index (χ0n) is 8.96. The Labute approximate surface area is 91.7 Å². The maximum absolute atomic E-state index is 5.88. The summed E-state index contributed by atoms with van der Waals surface area (Å²) in [7, 11) is 0. The van der Waals surface area contributed by atoms with E-state index in [1.165, 1.54) is 11.1 Å². The normalized spacial score (nSPS) is 10.9. The number of hydrogen-bond acceptors (Lipinski definition) is 1. The molecule has 2 heteroatoms. The van der Waals surface area contributed by atoms with Crippen LogP contribution in [0.5, 0.6) is 0 Å². The monoisotopic (exact) mass is 211 g/mol. The molecule has 0 saturated heterocycles. The van der Waals surface area contributed by atoms with Gasteiger partial charge in [-0.3, -0.25) is 4.90 Å². The molecule has 0 spiro atoms. The van der Waals surface area contributed by atoms with Crippen molar-refractivity contribution in [2.45, 2.75) is 26.3 Å². The molecule has 0 saturated carbocycles. The molecule has 0 aliphatic rings. The Hall–Kier alpha value is -0.530. The zero-order chi connectivity index (χ0) is 10.4. The molecule has 1 rings (SSSR count). The van der Waals surface area contributed by atoms with Crippen LogP contribution in [-0.2, 0) is 12.4 Å². The van der Waals surface area contributed by atoms with Crippen molar-refractivity contribution >= 4 is 11.6 Å². The standard InChI is InChI=1S/C12H18ClN/c1-3-14(4-2)10-12-8-6-5-7-11(12)9-13/h5-8H,3-4,9-10H2,1-2H3. The fraction of sp³-hybridized carbons (Fsp3) is 0.500. The van der Waals surface area contributed by atoms with E-state index >= 15 is 0 Å². The SMILES string of the molecule is CCN(CC)Cc1ccccc1CCl. The van der Waals surface area contributed by atoms with Gasteiger partial charge in [0.25, 0.3) is 0 Å². The highest BCUT2D eigenvalue weighted by Crippen LogP contribution is 2.13. The summed E-state index contributed by atoms with van der Waals surface area (Å²) in [6.45, 7) is 7.57. The molecule has 0 unspecified atom stereocenters. The molecule has 1 aromatic rings. The molecule has 0 aromatic heterocycles. The van der Waals surface area contributed by atoms with Gasteiger partial charge in [0.2, 0.25) is 0 Å². The summed E-state index contributed by atoms with van der Waals surface area (Å²) in [6, 6.07) is 8.39. The third-order valence-corrected chi connectivity index (χ3v) is 2.84. The third kappa shape index (κ3) is 3.00. The fourth-order valence-electron chi connectivity index (χ4n) is 1.53. The third-order valence-electron chi connectivity index (χ3n) is 2.55. The highest BCUT2D eigenvalue weighted by Gasteiger charge is 2.04. The van der Waals surface area contributed by atoms with Gasteiger partial charge in [0.15, 0.2) is 0 Å². The summed E-state index contributed by atoms with van der Waals surface area (Å²) in [5, 5.41) is 0. The van der Waals surface area contributed by atoms with Gasteiger partial charge in [0.1, 0.15) is 0 Å². The van der Waals surface area contributed by atoms with E-state index in [1.807, 2.05) is 6.07 Å². The van der Waals surface area contributed by atoms with Crippen molar-refractivity contribution in [1.29, 1.82) is 0 Å². The van der Waals surface area contributed by atoms with Crippen LogP contribution in [0.1, 0.15) is 25.0 Å². The lowest BCUT2D eigenvalue weighted by molar-refractivity contribution is 0.295. The Morgan fingerprint density at radius 1 is 1.07 bits per heavy atom. The van der Waals surface area contributed by atoms with Crippen LogP contribution < -0.4 is 0 Å². The number of nitrogens with zero attached hydrogens (tertiary/aromatic N) is 1. The van der Waals surface area contributed by atoms with Gasteiger partial charge in [-0.15, -0.1) is 11.6 Å². The van der Waals surface area contributed by atoms with Crippen LogP contribution in [0.25, 0.3) is 0 Å². The van der Waals surface area contributed by atoms with E-state index in [2.05, 4.69) is 36.9 Å². The van der Waals surface area contributed by atoms with Gasteiger partial charge < -0.3 is 0 Å². The molecular formula is C12H18ClN. The van der Waals surface area contributed by atoms with E-state index in [1.54, 1.807) is 0 Å². The summed E-state index contributed by atoms with van der Waals surface area (Å²) in [4.78, 5) is 2.39. The van der Waals surface area contributed by atoms with Gasteiger partial charge in [0, 0.05) is 12.4 Å². The largest absolute Gasteiger partial charge is 0.300 e. The number of halogens is 1. The van der Waals surface area contributed by atoms with Crippen molar-refractivity contribution in [2.75, 3.05) is 13.1 Å². The number of rotatable bonds is 5. The van der Waals surface area contributed by atoms with Crippen LogP contribution in [0, 0.1) is 0 Å². The maximum atomic E-state index is 5.88. The molecule has 1 aromatic carbocycles. The number of hydrogen-bond donors (Lipinski definition) is 0. The van der Waals surface area contributed by atoms with E-state index in [0.717, 1.165) is 19.6 Å². The molecule has 0 aliphatic carbocycles. The van der Waals surface area contributed by atoms with Gasteiger partial charge in [0.05, 0.1) is 0 Å². The summed E-state index contributed by atoms with van der Waals surface area (Å²) in [6.07, 6.45) is 0. The molecule has 0 atom stereocenters. The average Bonchev–Trinajstić information content (AvgIpc) is 2.26. The first-order chi connectivity index (χ1) is 6.81. The van der Waals surface area contributed by atoms with Crippen LogP contribution in [0.15, 0.2) is 24.3 Å². The highest BCUT2D eigenvalue weighted by atomic mass is 35.5. The van der Waals surface area contributed by atoms with Crippen molar-refractivity contribution in [3.05, 3.63) is 35.4 Å². The molecule has 1 nitrogen and oxygen atoms in total. The molecule has 0 amide bonds. The maximum Gasteiger partial charge on any atom is 0.0477 e. The quantitative estimate of drug-likeness (QED) is 0.676. The topological polar surface area (TPSA) is 3.24 Å². The van der Waals surface area contributed by atoms with E-state index < -0.39 is 0 Å². The molecule has 0 bridgehead atoms. The summed E-state index contributed by atoms with van der Waals surface area (Å²) in [5.41, 5.74) is 2.60. The van der Waals surface area contributed by atoms with E-state index in [-0.39, 0.29) is 0 Å². The van der Waals surface area contributed by atoms with Gasteiger partial charge in [-0.05, 0) is 24.2 Å². The molecule has 0 aliphatic heterocycles. The van der Waals surface area contributed by atoms with E-state index in [0.29, 0.717) is 5.88 Å². The lowest BCUT2D eigenvalue weighted by Gasteiger charge is -2.19. The number of benzene rings is 1. The van der Waals surface area contributed by atoms with Gasteiger partial charge in [-0.2, -0.15) is 0 Å². The highest BCUT2D eigenvalue weighted by molar-refractivity contribution is 6.17. The van der Waals surface area contributed by atoms with Crippen molar-refractivity contribution in [3.63, 3.8) is 0 Å². The predicted octanol–water partition coefficient (Wildman–Crippen LogP) is 3.27. The summed E-state index contributed by atoms with van der Waals surface area (Å²) >= 11 is 5.88. The second-order valence-electron chi connectivity index (χ2n) is 3.36. The molecular weight excluding hydrogens is 194 g/mol. The second-order valence-corrected chi connectivity index (χ2v) is 3.63. The lowest BCUT2D eigenvalue weighted by atomic mass is 10.1. The molecule has 0 radical (unpaired) electrons. The summed E-state index contributed by atoms with van der Waals surface area (Å²) in [5.74, 6) is 0.609. The first-order valence-corrected chi connectivity index (χ1v) is 5.70. The lowest BCUT2D eigenvalue weighted by Crippen LogP contribution is -2.22. The van der Waals surface area contributed by atoms with Gasteiger partial charge in [-0.1, -0.05) is 38.1 Å². The minimum absolute atomic E-state index is 0.609. The van der Waals surface area contributed by atoms with Crippen LogP contribution >= 0.6 is 11.6 Å².